The molecule has 1 fully saturated rings. The minimum absolute atomic E-state index is 0.0291. The zero-order valence-electron chi connectivity index (χ0n) is 22.0. The summed E-state index contributed by atoms with van der Waals surface area (Å²) < 4.78 is 20.3. The zero-order valence-corrected chi connectivity index (χ0v) is 22.7. The average molecular weight is 570 g/mol. The van der Waals surface area contributed by atoms with Crippen molar-refractivity contribution < 1.29 is 28.6 Å². The van der Waals surface area contributed by atoms with E-state index < -0.39 is 30.1 Å². The molecule has 5 rings (SSSR count). The Morgan fingerprint density at radius 2 is 2.02 bits per heavy atom. The number of amides is 3. The SMILES string of the molecule is C[C@@H]1CCC[C@H](N2CCC(c3cccc(Cl)c3F)OC2=O)c2nc(c[nH]2)-c2ccc(N(C)C(=O)O)cc2NC1=O. The summed E-state index contributed by atoms with van der Waals surface area (Å²) in [5.41, 5.74) is 2.19. The molecule has 1 saturated heterocycles. The van der Waals surface area contributed by atoms with Gasteiger partial charge in [0.2, 0.25) is 5.91 Å². The third-order valence-electron chi connectivity index (χ3n) is 7.50. The molecule has 2 aliphatic heterocycles. The summed E-state index contributed by atoms with van der Waals surface area (Å²) in [6.45, 7) is 2.14. The highest BCUT2D eigenvalue weighted by atomic mass is 35.5. The fraction of sp³-hybridized carbons (Fsp3) is 0.357. The number of anilines is 2. The number of halogens is 2. The Hall–Kier alpha value is -4.12. The van der Waals surface area contributed by atoms with E-state index in [-0.39, 0.29) is 22.4 Å². The summed E-state index contributed by atoms with van der Waals surface area (Å²) in [5, 5.41) is 12.3. The summed E-state index contributed by atoms with van der Waals surface area (Å²) in [6.07, 6.45) is 1.30. The van der Waals surface area contributed by atoms with Crippen molar-refractivity contribution in [3.63, 3.8) is 0 Å². The molecular formula is C28H29ClFN5O5. The van der Waals surface area contributed by atoms with Crippen molar-refractivity contribution in [1.82, 2.24) is 14.9 Å². The van der Waals surface area contributed by atoms with Gasteiger partial charge in [0.25, 0.3) is 0 Å². The second-order valence-corrected chi connectivity index (χ2v) is 10.5. The number of aromatic nitrogens is 2. The lowest BCUT2D eigenvalue weighted by Crippen LogP contribution is -2.42. The van der Waals surface area contributed by atoms with Gasteiger partial charge >= 0.3 is 12.2 Å². The van der Waals surface area contributed by atoms with Gasteiger partial charge < -0.3 is 20.1 Å². The molecule has 10 nitrogen and oxygen atoms in total. The number of rotatable bonds is 3. The number of aromatic amines is 1. The van der Waals surface area contributed by atoms with E-state index in [1.165, 1.54) is 13.1 Å². The number of cyclic esters (lactones) is 1. The van der Waals surface area contributed by atoms with Crippen molar-refractivity contribution in [3.8, 4) is 11.3 Å². The molecule has 0 radical (unpaired) electrons. The molecule has 2 aliphatic rings. The van der Waals surface area contributed by atoms with Crippen molar-refractivity contribution in [2.75, 3.05) is 23.8 Å². The van der Waals surface area contributed by atoms with Crippen LogP contribution in [0.2, 0.25) is 5.02 Å². The van der Waals surface area contributed by atoms with Crippen LogP contribution in [-0.4, -0.2) is 51.7 Å². The van der Waals surface area contributed by atoms with Gasteiger partial charge in [0.15, 0.2) is 0 Å². The predicted molar refractivity (Wildman–Crippen MR) is 147 cm³/mol. The van der Waals surface area contributed by atoms with E-state index in [0.717, 1.165) is 4.90 Å². The quantitative estimate of drug-likeness (QED) is 0.336. The van der Waals surface area contributed by atoms with Crippen LogP contribution in [0.4, 0.5) is 25.4 Å². The normalized spacial score (nSPS) is 21.4. The summed E-state index contributed by atoms with van der Waals surface area (Å²) >= 11 is 5.93. The number of carboxylic acid groups (broad SMARTS) is 1. The highest BCUT2D eigenvalue weighted by Crippen LogP contribution is 2.38. The highest BCUT2D eigenvalue weighted by Gasteiger charge is 2.36. The second kappa shape index (κ2) is 11.2. The van der Waals surface area contributed by atoms with E-state index in [9.17, 15) is 23.9 Å². The van der Waals surface area contributed by atoms with Crippen molar-refractivity contribution in [3.05, 3.63) is 64.8 Å². The third kappa shape index (κ3) is 5.33. The molecule has 0 saturated carbocycles. The van der Waals surface area contributed by atoms with Crippen LogP contribution in [0.15, 0.2) is 42.6 Å². The van der Waals surface area contributed by atoms with E-state index in [4.69, 9.17) is 21.3 Å². The van der Waals surface area contributed by atoms with Crippen LogP contribution >= 0.6 is 11.6 Å². The molecule has 2 aromatic carbocycles. The fourth-order valence-electron chi connectivity index (χ4n) is 5.14. The fourth-order valence-corrected chi connectivity index (χ4v) is 5.32. The molecule has 0 spiro atoms. The average Bonchev–Trinajstić information content (AvgIpc) is 3.41. The Balaban J connectivity index is 1.46. The summed E-state index contributed by atoms with van der Waals surface area (Å²) in [4.78, 5) is 48.4. The van der Waals surface area contributed by atoms with Crippen molar-refractivity contribution in [2.45, 2.75) is 44.8 Å². The lowest BCUT2D eigenvalue weighted by molar-refractivity contribution is -0.119. The van der Waals surface area contributed by atoms with Gasteiger partial charge in [0.05, 0.1) is 22.4 Å². The molecule has 2 bridgehead atoms. The van der Waals surface area contributed by atoms with Gasteiger partial charge in [-0.15, -0.1) is 0 Å². The van der Waals surface area contributed by atoms with Gasteiger partial charge in [-0.3, -0.25) is 14.6 Å². The first kappa shape index (κ1) is 27.4. The molecule has 12 heteroatoms. The number of benzene rings is 2. The number of fused-ring (bicyclic) bond motifs is 4. The van der Waals surface area contributed by atoms with Crippen LogP contribution in [0.25, 0.3) is 11.3 Å². The molecule has 3 heterocycles. The number of nitrogens with one attached hydrogen (secondary N) is 2. The first-order valence-corrected chi connectivity index (χ1v) is 13.4. The minimum atomic E-state index is -1.13. The molecule has 1 unspecified atom stereocenters. The number of imidazole rings is 1. The van der Waals surface area contributed by atoms with Crippen molar-refractivity contribution in [2.24, 2.45) is 5.92 Å². The van der Waals surface area contributed by atoms with E-state index in [0.29, 0.717) is 60.7 Å². The molecular weight excluding hydrogens is 541 g/mol. The van der Waals surface area contributed by atoms with Crippen molar-refractivity contribution in [1.29, 1.82) is 0 Å². The van der Waals surface area contributed by atoms with Gasteiger partial charge in [-0.1, -0.05) is 37.1 Å². The van der Waals surface area contributed by atoms with E-state index in [1.54, 1.807) is 41.4 Å². The molecule has 40 heavy (non-hydrogen) atoms. The minimum Gasteiger partial charge on any atom is -0.465 e. The smallest absolute Gasteiger partial charge is 0.411 e. The number of nitrogens with zero attached hydrogens (tertiary/aromatic N) is 3. The molecule has 3 aromatic rings. The Kier molecular flexibility index (Phi) is 7.66. The number of carbonyl (C=O) groups is 3. The Bertz CT molecular complexity index is 1460. The topological polar surface area (TPSA) is 128 Å². The lowest BCUT2D eigenvalue weighted by Gasteiger charge is -2.36. The van der Waals surface area contributed by atoms with E-state index >= 15 is 0 Å². The van der Waals surface area contributed by atoms with E-state index in [2.05, 4.69) is 10.3 Å². The van der Waals surface area contributed by atoms with Gasteiger partial charge in [0.1, 0.15) is 17.7 Å². The Morgan fingerprint density at radius 1 is 1.23 bits per heavy atom. The van der Waals surface area contributed by atoms with Crippen LogP contribution in [0.3, 0.4) is 0 Å². The molecule has 0 aliphatic carbocycles. The third-order valence-corrected chi connectivity index (χ3v) is 7.79. The largest absolute Gasteiger partial charge is 0.465 e. The molecule has 3 atom stereocenters. The molecule has 3 amide bonds. The first-order chi connectivity index (χ1) is 19.1. The maximum atomic E-state index is 14.6. The number of hydrogen-bond acceptors (Lipinski definition) is 5. The van der Waals surface area contributed by atoms with Gasteiger partial charge in [0, 0.05) is 48.9 Å². The predicted octanol–water partition coefficient (Wildman–Crippen LogP) is 6.37. The molecule has 1 aromatic heterocycles. The van der Waals surface area contributed by atoms with Gasteiger partial charge in [-0.25, -0.2) is 19.0 Å². The number of H-pyrrole nitrogens is 1. The first-order valence-electron chi connectivity index (χ1n) is 13.0. The maximum absolute atomic E-state index is 14.6. The second-order valence-electron chi connectivity index (χ2n) is 10.1. The van der Waals surface area contributed by atoms with Crippen LogP contribution in [0.5, 0.6) is 0 Å². The van der Waals surface area contributed by atoms with Crippen LogP contribution in [0.1, 0.15) is 56.1 Å². The van der Waals surface area contributed by atoms with Crippen LogP contribution in [-0.2, 0) is 9.53 Å². The monoisotopic (exact) mass is 569 g/mol. The van der Waals surface area contributed by atoms with Crippen LogP contribution < -0.4 is 10.2 Å². The number of carbonyl (C=O) groups excluding carboxylic acids is 2. The number of hydrogen-bond donors (Lipinski definition) is 3. The standard InChI is InChI=1S/C28H29ClFN5O5/c1-15-5-3-8-22(35-12-11-23(40-28(35)39)18-6-4-7-19(29)24(18)30)25-31-14-21(32-25)17-10-9-16(34(2)27(37)38)13-20(17)33-26(15)36/h4,6-7,9-10,13-15,22-23H,3,5,8,11-12H2,1-2H3,(H,31,32)(H,33,36)(H,37,38)/t15-,22+,23?/m1/s1. The molecule has 3 N–H and O–H groups in total. The van der Waals surface area contributed by atoms with E-state index in [1.807, 2.05) is 6.92 Å². The molecule has 210 valence electrons. The van der Waals surface area contributed by atoms with Gasteiger partial charge in [-0.05, 0) is 37.1 Å². The van der Waals surface area contributed by atoms with Gasteiger partial charge in [-0.2, -0.15) is 0 Å². The maximum Gasteiger partial charge on any atom is 0.411 e. The Morgan fingerprint density at radius 3 is 2.77 bits per heavy atom. The summed E-state index contributed by atoms with van der Waals surface area (Å²) in [6, 6.07) is 9.11. The Labute approximate surface area is 235 Å². The summed E-state index contributed by atoms with van der Waals surface area (Å²) in [7, 11) is 1.42. The summed E-state index contributed by atoms with van der Waals surface area (Å²) in [5.74, 6) is -0.579. The zero-order chi connectivity index (χ0) is 28.6. The van der Waals surface area contributed by atoms with Crippen LogP contribution in [0, 0.1) is 11.7 Å². The van der Waals surface area contributed by atoms with Crippen molar-refractivity contribution >= 4 is 41.1 Å². The highest BCUT2D eigenvalue weighted by molar-refractivity contribution is 6.30. The number of ether oxygens (including phenoxy) is 1. The lowest BCUT2D eigenvalue weighted by atomic mass is 9.98.